The van der Waals surface area contributed by atoms with Crippen LogP contribution >= 0.6 is 0 Å². The predicted octanol–water partition coefficient (Wildman–Crippen LogP) is 0.513. The van der Waals surface area contributed by atoms with Gasteiger partial charge in [0.05, 0.1) is 12.4 Å². The van der Waals surface area contributed by atoms with Gasteiger partial charge in [-0.3, -0.25) is 0 Å². The molecule has 1 aromatic carbocycles. The second-order valence-corrected chi connectivity index (χ2v) is 5.80. The van der Waals surface area contributed by atoms with E-state index in [2.05, 4.69) is 4.72 Å². The number of rotatable bonds is 6. The van der Waals surface area contributed by atoms with E-state index >= 15 is 0 Å². The molecule has 1 aliphatic heterocycles. The Morgan fingerprint density at radius 2 is 2.06 bits per heavy atom. The average Bonchev–Trinajstić information content (AvgIpc) is 3.12. The van der Waals surface area contributed by atoms with Crippen molar-refractivity contribution in [1.29, 1.82) is 0 Å². The molecule has 0 aromatic heterocycles. The Hall–Kier alpha value is -1.11. The molecule has 1 unspecified atom stereocenters. The van der Waals surface area contributed by atoms with Crippen LogP contribution in [0, 0.1) is 0 Å². The highest BCUT2D eigenvalue weighted by Gasteiger charge is 2.22. The molecule has 1 aromatic rings. The number of hydrogen-bond acceptors (Lipinski definition) is 4. The zero-order chi connectivity index (χ0) is 12.3. The summed E-state index contributed by atoms with van der Waals surface area (Å²) in [6, 6.07) is 7.03. The van der Waals surface area contributed by atoms with Crippen molar-refractivity contribution >= 4 is 10.0 Å². The summed E-state index contributed by atoms with van der Waals surface area (Å²) >= 11 is 0. The van der Waals surface area contributed by atoms with Gasteiger partial charge in [0.2, 0.25) is 10.0 Å². The zero-order valence-corrected chi connectivity index (χ0v) is 10.4. The van der Waals surface area contributed by atoms with Crippen LogP contribution in [0.2, 0.25) is 0 Å². The van der Waals surface area contributed by atoms with E-state index < -0.39 is 10.0 Å². The Labute approximate surface area is 101 Å². The molecule has 94 valence electrons. The first-order valence-corrected chi connectivity index (χ1v) is 6.99. The first-order chi connectivity index (χ1) is 8.09. The number of nitrogens with one attached hydrogen (secondary N) is 1. The third-order valence-corrected chi connectivity index (χ3v) is 3.76. The fraction of sp³-hybridized carbons (Fsp3) is 0.455. The quantitative estimate of drug-likeness (QED) is 0.754. The van der Waals surface area contributed by atoms with Gasteiger partial charge in [0, 0.05) is 0 Å². The lowest BCUT2D eigenvalue weighted by molar-refractivity contribution is 0.263. The van der Waals surface area contributed by atoms with Crippen LogP contribution in [0.1, 0.15) is 5.56 Å². The maximum absolute atomic E-state index is 11.3. The van der Waals surface area contributed by atoms with Gasteiger partial charge in [0.15, 0.2) is 0 Å². The fourth-order valence-corrected chi connectivity index (χ4v) is 2.10. The largest absolute Gasteiger partial charge is 0.491 e. The second kappa shape index (κ2) is 5.03. The minimum absolute atomic E-state index is 0.0183. The highest BCUT2D eigenvalue weighted by atomic mass is 32.2. The zero-order valence-electron chi connectivity index (χ0n) is 9.55. The molecule has 0 bridgehead atoms. The van der Waals surface area contributed by atoms with Crippen LogP contribution in [-0.4, -0.2) is 34.8 Å². The summed E-state index contributed by atoms with van der Waals surface area (Å²) in [5, 5.41) is 0. The molecule has 1 atom stereocenters. The van der Waals surface area contributed by atoms with Crippen LogP contribution in [0.25, 0.3) is 0 Å². The van der Waals surface area contributed by atoms with Gasteiger partial charge in [-0.2, -0.15) is 0 Å². The Balaban J connectivity index is 1.92. The molecule has 6 heteroatoms. The van der Waals surface area contributed by atoms with E-state index in [1.807, 2.05) is 0 Å². The summed E-state index contributed by atoms with van der Waals surface area (Å²) in [7, 11) is -1.81. The van der Waals surface area contributed by atoms with E-state index in [1.165, 1.54) is 7.05 Å². The molecule has 0 amide bonds. The molecule has 1 fully saturated rings. The summed E-state index contributed by atoms with van der Waals surface area (Å²) < 4.78 is 35.4. The van der Waals surface area contributed by atoms with Crippen LogP contribution in [0.4, 0.5) is 0 Å². The number of benzene rings is 1. The maximum Gasteiger partial charge on any atom is 0.215 e. The van der Waals surface area contributed by atoms with Gasteiger partial charge in [-0.05, 0) is 24.7 Å². The Kier molecular flexibility index (Phi) is 3.66. The van der Waals surface area contributed by atoms with Gasteiger partial charge in [-0.15, -0.1) is 0 Å². The van der Waals surface area contributed by atoms with Crippen molar-refractivity contribution < 1.29 is 17.9 Å². The molecule has 5 nitrogen and oxygen atoms in total. The van der Waals surface area contributed by atoms with Gasteiger partial charge >= 0.3 is 0 Å². The Morgan fingerprint density at radius 1 is 1.41 bits per heavy atom. The van der Waals surface area contributed by atoms with Gasteiger partial charge in [-0.1, -0.05) is 12.1 Å². The van der Waals surface area contributed by atoms with Crippen molar-refractivity contribution in [3.05, 3.63) is 29.8 Å². The summed E-state index contributed by atoms with van der Waals surface area (Å²) in [5.41, 5.74) is 0.731. The average molecular weight is 257 g/mol. The van der Waals surface area contributed by atoms with Gasteiger partial charge in [0.1, 0.15) is 18.5 Å². The van der Waals surface area contributed by atoms with Crippen molar-refractivity contribution in [3.63, 3.8) is 0 Å². The monoisotopic (exact) mass is 257 g/mol. The van der Waals surface area contributed by atoms with Crippen molar-refractivity contribution in [1.82, 2.24) is 4.72 Å². The lowest BCUT2D eigenvalue weighted by Crippen LogP contribution is -2.20. The minimum Gasteiger partial charge on any atom is -0.491 e. The molecule has 1 saturated heterocycles. The van der Waals surface area contributed by atoms with E-state index in [9.17, 15) is 8.42 Å². The van der Waals surface area contributed by atoms with E-state index in [0.29, 0.717) is 6.61 Å². The van der Waals surface area contributed by atoms with Crippen molar-refractivity contribution in [2.75, 3.05) is 20.3 Å². The van der Waals surface area contributed by atoms with Crippen molar-refractivity contribution in [2.24, 2.45) is 0 Å². The first kappa shape index (κ1) is 12.3. The topological polar surface area (TPSA) is 67.9 Å². The summed E-state index contributed by atoms with van der Waals surface area (Å²) in [5.74, 6) is 0.710. The highest BCUT2D eigenvalue weighted by Crippen LogP contribution is 2.16. The molecule has 0 spiro atoms. The standard InChI is InChI=1S/C11H15NO4S/c1-12-17(13,14)8-9-2-4-10(5-3-9)15-6-11-7-16-11/h2-5,11-12H,6-8H2,1H3. The van der Waals surface area contributed by atoms with E-state index in [0.717, 1.165) is 17.9 Å². The van der Waals surface area contributed by atoms with Crippen LogP contribution in [0.15, 0.2) is 24.3 Å². The molecule has 2 rings (SSSR count). The molecular weight excluding hydrogens is 242 g/mol. The van der Waals surface area contributed by atoms with Crippen molar-refractivity contribution in [2.45, 2.75) is 11.9 Å². The van der Waals surface area contributed by atoms with Crippen LogP contribution in [0.3, 0.4) is 0 Å². The normalized spacial score (nSPS) is 19.0. The van der Waals surface area contributed by atoms with E-state index in [1.54, 1.807) is 24.3 Å². The number of ether oxygens (including phenoxy) is 2. The molecular formula is C11H15NO4S. The van der Waals surface area contributed by atoms with Crippen LogP contribution in [-0.2, 0) is 20.5 Å². The van der Waals surface area contributed by atoms with Crippen LogP contribution < -0.4 is 9.46 Å². The van der Waals surface area contributed by atoms with Crippen LogP contribution in [0.5, 0.6) is 5.75 Å². The maximum atomic E-state index is 11.3. The molecule has 1 N–H and O–H groups in total. The summed E-state index contributed by atoms with van der Waals surface area (Å²) in [4.78, 5) is 0. The summed E-state index contributed by atoms with van der Waals surface area (Å²) in [6.45, 7) is 1.31. The predicted molar refractivity (Wildman–Crippen MR) is 63.4 cm³/mol. The number of sulfonamides is 1. The second-order valence-electron chi connectivity index (χ2n) is 3.87. The van der Waals surface area contributed by atoms with Gasteiger partial charge in [0.25, 0.3) is 0 Å². The van der Waals surface area contributed by atoms with Crippen molar-refractivity contribution in [3.8, 4) is 5.75 Å². The third-order valence-electron chi connectivity index (χ3n) is 2.43. The van der Waals surface area contributed by atoms with Gasteiger partial charge in [-0.25, -0.2) is 13.1 Å². The molecule has 0 radical (unpaired) electrons. The van der Waals surface area contributed by atoms with Gasteiger partial charge < -0.3 is 9.47 Å². The Morgan fingerprint density at radius 3 is 2.59 bits per heavy atom. The fourth-order valence-electron chi connectivity index (χ4n) is 1.33. The minimum atomic E-state index is -3.21. The third kappa shape index (κ3) is 3.99. The lowest BCUT2D eigenvalue weighted by atomic mass is 10.2. The smallest absolute Gasteiger partial charge is 0.215 e. The summed E-state index contributed by atoms with van der Waals surface area (Å²) in [6.07, 6.45) is 0.222. The first-order valence-electron chi connectivity index (χ1n) is 5.33. The molecule has 17 heavy (non-hydrogen) atoms. The SMILES string of the molecule is CNS(=O)(=O)Cc1ccc(OCC2CO2)cc1. The molecule has 0 saturated carbocycles. The number of epoxide rings is 1. The van der Waals surface area contributed by atoms with E-state index in [4.69, 9.17) is 9.47 Å². The Bertz CT molecular complexity index is 465. The molecule has 0 aliphatic carbocycles. The highest BCUT2D eigenvalue weighted by molar-refractivity contribution is 7.88. The lowest BCUT2D eigenvalue weighted by Gasteiger charge is -2.06. The number of hydrogen-bond donors (Lipinski definition) is 1. The molecule has 1 aliphatic rings. The molecule has 1 heterocycles. The van der Waals surface area contributed by atoms with E-state index in [-0.39, 0.29) is 11.9 Å².